The Balaban J connectivity index is 2.19. The Hall–Kier alpha value is -1.23. The first-order valence-corrected chi connectivity index (χ1v) is 5.50. The molecule has 72 valence electrons. The van der Waals surface area contributed by atoms with Gasteiger partial charge in [-0.25, -0.2) is 9.97 Å². The fourth-order valence-electron chi connectivity index (χ4n) is 1.61. The minimum absolute atomic E-state index is 0.128. The van der Waals surface area contributed by atoms with Gasteiger partial charge in [0.1, 0.15) is 0 Å². The van der Waals surface area contributed by atoms with Crippen molar-refractivity contribution in [3.8, 4) is 0 Å². The number of aromatic nitrogens is 3. The maximum absolute atomic E-state index is 11.4. The van der Waals surface area contributed by atoms with E-state index < -0.39 is 0 Å². The number of nitrogens with one attached hydrogen (secondary N) is 1. The third-order valence-electron chi connectivity index (χ3n) is 2.67. The quantitative estimate of drug-likeness (QED) is 0.773. The standard InChI is InChI=1S/C9H9N3OS/c13-7-6-9(11-4-10-7)14-8(12-6)5-2-1-3-5/h4-5H,1-3H2,(H,10,11,13). The second kappa shape index (κ2) is 2.88. The molecule has 14 heavy (non-hydrogen) atoms. The molecule has 0 aromatic carbocycles. The molecule has 2 heterocycles. The lowest BCUT2D eigenvalue weighted by molar-refractivity contribution is 0.419. The summed E-state index contributed by atoms with van der Waals surface area (Å²) in [7, 11) is 0. The van der Waals surface area contributed by atoms with Crippen LogP contribution >= 0.6 is 11.3 Å². The highest BCUT2D eigenvalue weighted by Crippen LogP contribution is 2.38. The van der Waals surface area contributed by atoms with Crippen molar-refractivity contribution >= 4 is 21.7 Å². The molecule has 1 aliphatic rings. The normalized spacial score (nSPS) is 17.1. The fraction of sp³-hybridized carbons (Fsp3) is 0.444. The number of hydrogen-bond donors (Lipinski definition) is 1. The van der Waals surface area contributed by atoms with E-state index in [1.54, 1.807) is 11.3 Å². The number of hydrogen-bond acceptors (Lipinski definition) is 4. The molecular weight excluding hydrogens is 198 g/mol. The molecule has 2 aromatic heterocycles. The summed E-state index contributed by atoms with van der Waals surface area (Å²) in [6.45, 7) is 0. The Bertz CT molecular complexity index is 526. The van der Waals surface area contributed by atoms with E-state index in [0.29, 0.717) is 11.4 Å². The van der Waals surface area contributed by atoms with Gasteiger partial charge in [-0.2, -0.15) is 0 Å². The first-order valence-electron chi connectivity index (χ1n) is 4.69. The third kappa shape index (κ3) is 1.09. The average molecular weight is 207 g/mol. The predicted molar refractivity (Wildman–Crippen MR) is 54.6 cm³/mol. The number of fused-ring (bicyclic) bond motifs is 1. The van der Waals surface area contributed by atoms with Gasteiger partial charge in [-0.3, -0.25) is 4.79 Å². The fourth-order valence-corrected chi connectivity index (χ4v) is 2.69. The van der Waals surface area contributed by atoms with Gasteiger partial charge in [-0.05, 0) is 12.8 Å². The molecule has 5 heteroatoms. The maximum Gasteiger partial charge on any atom is 0.278 e. The van der Waals surface area contributed by atoms with Gasteiger partial charge in [-0.15, -0.1) is 0 Å². The van der Waals surface area contributed by atoms with Crippen molar-refractivity contribution in [1.29, 1.82) is 0 Å². The highest BCUT2D eigenvalue weighted by atomic mass is 32.1. The van der Waals surface area contributed by atoms with Gasteiger partial charge in [0, 0.05) is 5.92 Å². The van der Waals surface area contributed by atoms with Crippen molar-refractivity contribution in [1.82, 2.24) is 15.0 Å². The minimum atomic E-state index is -0.128. The van der Waals surface area contributed by atoms with Crippen LogP contribution in [0.15, 0.2) is 11.1 Å². The molecule has 1 N–H and O–H groups in total. The van der Waals surface area contributed by atoms with Crippen LogP contribution in [0.25, 0.3) is 10.3 Å². The number of rotatable bonds is 1. The zero-order chi connectivity index (χ0) is 9.54. The largest absolute Gasteiger partial charge is 0.311 e. The Morgan fingerprint density at radius 1 is 1.50 bits per heavy atom. The molecular formula is C9H9N3OS. The zero-order valence-electron chi connectivity index (χ0n) is 7.49. The average Bonchev–Trinajstić information content (AvgIpc) is 2.46. The first-order chi connectivity index (χ1) is 6.84. The van der Waals surface area contributed by atoms with E-state index in [2.05, 4.69) is 15.0 Å². The van der Waals surface area contributed by atoms with Crippen LogP contribution in [0.4, 0.5) is 0 Å². The van der Waals surface area contributed by atoms with Crippen molar-refractivity contribution in [3.05, 3.63) is 21.7 Å². The molecule has 1 saturated carbocycles. The van der Waals surface area contributed by atoms with Gasteiger partial charge in [0.05, 0.1) is 11.3 Å². The van der Waals surface area contributed by atoms with Crippen LogP contribution in [0.2, 0.25) is 0 Å². The molecule has 0 unspecified atom stereocenters. The highest BCUT2D eigenvalue weighted by molar-refractivity contribution is 7.18. The van der Waals surface area contributed by atoms with Crippen LogP contribution < -0.4 is 5.56 Å². The SMILES string of the molecule is O=c1[nH]cnc2sc(C3CCC3)nc12. The third-order valence-corrected chi connectivity index (χ3v) is 3.80. The summed E-state index contributed by atoms with van der Waals surface area (Å²) in [6.07, 6.45) is 5.13. The van der Waals surface area contributed by atoms with Gasteiger partial charge in [-0.1, -0.05) is 17.8 Å². The molecule has 0 amide bonds. The second-order valence-corrected chi connectivity index (χ2v) is 4.57. The Labute approximate surface area is 84.0 Å². The number of H-pyrrole nitrogens is 1. The van der Waals surface area contributed by atoms with E-state index in [9.17, 15) is 4.79 Å². The topological polar surface area (TPSA) is 58.6 Å². The van der Waals surface area contributed by atoms with Crippen molar-refractivity contribution < 1.29 is 0 Å². The van der Waals surface area contributed by atoms with E-state index in [1.807, 2.05) is 0 Å². The van der Waals surface area contributed by atoms with Crippen molar-refractivity contribution in [2.45, 2.75) is 25.2 Å². The van der Waals surface area contributed by atoms with Gasteiger partial charge in [0.25, 0.3) is 5.56 Å². The van der Waals surface area contributed by atoms with Crippen molar-refractivity contribution in [2.24, 2.45) is 0 Å². The van der Waals surface area contributed by atoms with Crippen LogP contribution in [-0.4, -0.2) is 15.0 Å². The van der Waals surface area contributed by atoms with Crippen LogP contribution in [0.5, 0.6) is 0 Å². The van der Waals surface area contributed by atoms with Crippen LogP contribution in [0, 0.1) is 0 Å². The molecule has 0 saturated heterocycles. The molecule has 1 fully saturated rings. The monoisotopic (exact) mass is 207 g/mol. The van der Waals surface area contributed by atoms with E-state index in [-0.39, 0.29) is 5.56 Å². The summed E-state index contributed by atoms with van der Waals surface area (Å²) < 4.78 is 0. The van der Waals surface area contributed by atoms with Gasteiger partial charge in [0.2, 0.25) is 0 Å². The highest BCUT2D eigenvalue weighted by Gasteiger charge is 2.23. The lowest BCUT2D eigenvalue weighted by Gasteiger charge is -2.22. The van der Waals surface area contributed by atoms with Crippen molar-refractivity contribution in [3.63, 3.8) is 0 Å². The Morgan fingerprint density at radius 3 is 3.00 bits per heavy atom. The molecule has 1 aliphatic carbocycles. The molecule has 0 aliphatic heterocycles. The second-order valence-electron chi connectivity index (χ2n) is 3.57. The first kappa shape index (κ1) is 8.11. The van der Waals surface area contributed by atoms with E-state index in [1.165, 1.54) is 25.6 Å². The Kier molecular flexibility index (Phi) is 1.67. The van der Waals surface area contributed by atoms with E-state index in [0.717, 1.165) is 9.84 Å². The lowest BCUT2D eigenvalue weighted by atomic mass is 9.86. The molecule has 2 aromatic rings. The maximum atomic E-state index is 11.4. The van der Waals surface area contributed by atoms with E-state index >= 15 is 0 Å². The Morgan fingerprint density at radius 2 is 2.36 bits per heavy atom. The summed E-state index contributed by atoms with van der Waals surface area (Å²) in [5.74, 6) is 0.577. The molecule has 0 spiro atoms. The summed E-state index contributed by atoms with van der Waals surface area (Å²) in [5.41, 5.74) is 0.372. The molecule has 0 bridgehead atoms. The van der Waals surface area contributed by atoms with Gasteiger partial charge < -0.3 is 4.98 Å². The summed E-state index contributed by atoms with van der Waals surface area (Å²) in [4.78, 5) is 23.1. The number of nitrogens with zero attached hydrogens (tertiary/aromatic N) is 2. The van der Waals surface area contributed by atoms with Crippen molar-refractivity contribution in [2.75, 3.05) is 0 Å². The van der Waals surface area contributed by atoms with E-state index in [4.69, 9.17) is 0 Å². The van der Waals surface area contributed by atoms with Crippen LogP contribution in [0.3, 0.4) is 0 Å². The smallest absolute Gasteiger partial charge is 0.278 e. The number of aromatic amines is 1. The van der Waals surface area contributed by atoms with Crippen LogP contribution in [0.1, 0.15) is 30.2 Å². The lowest BCUT2D eigenvalue weighted by Crippen LogP contribution is -2.09. The summed E-state index contributed by atoms with van der Waals surface area (Å²) in [6, 6.07) is 0. The molecule has 4 nitrogen and oxygen atoms in total. The number of thiazole rings is 1. The zero-order valence-corrected chi connectivity index (χ0v) is 8.30. The molecule has 3 rings (SSSR count). The predicted octanol–water partition coefficient (Wildman–Crippen LogP) is 1.65. The minimum Gasteiger partial charge on any atom is -0.311 e. The van der Waals surface area contributed by atoms with Gasteiger partial charge >= 0.3 is 0 Å². The summed E-state index contributed by atoms with van der Waals surface area (Å²) in [5, 5.41) is 1.08. The van der Waals surface area contributed by atoms with Gasteiger partial charge in [0.15, 0.2) is 10.3 Å². The molecule has 0 radical (unpaired) electrons. The summed E-state index contributed by atoms with van der Waals surface area (Å²) >= 11 is 1.55. The van der Waals surface area contributed by atoms with Crippen LogP contribution in [-0.2, 0) is 0 Å². The molecule has 0 atom stereocenters.